The van der Waals surface area contributed by atoms with Gasteiger partial charge in [-0.2, -0.15) is 9.97 Å². The zero-order valence-corrected chi connectivity index (χ0v) is 28.6. The molecular formula is C37H42N6O5. The molecule has 0 radical (unpaired) electrons. The molecule has 11 heteroatoms. The highest BCUT2D eigenvalue weighted by Gasteiger charge is 2.43. The zero-order valence-electron chi connectivity index (χ0n) is 28.6. The standard InChI is InChI=1S/C37H42N6O5/c1-23-18-28-29(37(4,5)48-36(28,2)3)20-24(23)19-27-14-15-30(47-27)32(44)40-31-33(45-6)41-35(42-34(31)46-7)43(21-25-12-8-10-16-38-25)22-26-13-9-11-17-39-26/h8,10-12,14-18,20H,9,13,19,21-22H2,1-7H3,(H,40,44). The first-order valence-corrected chi connectivity index (χ1v) is 16.1. The number of ether oxygens (including phenoxy) is 3. The molecule has 0 spiro atoms. The molecule has 1 N–H and O–H groups in total. The summed E-state index contributed by atoms with van der Waals surface area (Å²) in [5.41, 5.74) is 5.89. The Bertz CT molecular complexity index is 1850. The van der Waals surface area contributed by atoms with Gasteiger partial charge in [-0.3, -0.25) is 14.8 Å². The molecule has 2 aliphatic rings. The average molecular weight is 651 g/mol. The van der Waals surface area contributed by atoms with Gasteiger partial charge in [-0.05, 0) is 94.0 Å². The first-order valence-electron chi connectivity index (χ1n) is 16.1. The predicted molar refractivity (Wildman–Crippen MR) is 184 cm³/mol. The van der Waals surface area contributed by atoms with Crippen LogP contribution >= 0.6 is 0 Å². The van der Waals surface area contributed by atoms with Gasteiger partial charge in [0.2, 0.25) is 17.7 Å². The summed E-state index contributed by atoms with van der Waals surface area (Å²) in [6.07, 6.45) is 7.89. The SMILES string of the molecule is COc1nc(N(CC2=NC=CCC2)Cc2ccccn2)nc(OC)c1NC(=O)c1ccc(Cc2cc3c(cc2C)C(C)(C)OC3(C)C)o1. The molecule has 0 bridgehead atoms. The molecule has 0 saturated heterocycles. The summed E-state index contributed by atoms with van der Waals surface area (Å²) >= 11 is 0. The quantitative estimate of drug-likeness (QED) is 0.185. The summed E-state index contributed by atoms with van der Waals surface area (Å²) < 4.78 is 23.7. The minimum Gasteiger partial charge on any atom is -0.479 e. The summed E-state index contributed by atoms with van der Waals surface area (Å²) in [6, 6.07) is 13.6. The fourth-order valence-electron chi connectivity index (χ4n) is 6.37. The van der Waals surface area contributed by atoms with Crippen LogP contribution in [-0.4, -0.2) is 47.3 Å². The highest BCUT2D eigenvalue weighted by molar-refractivity contribution is 6.03. The Morgan fingerprint density at radius 3 is 2.35 bits per heavy atom. The van der Waals surface area contributed by atoms with E-state index in [-0.39, 0.29) is 28.8 Å². The number of rotatable bonds is 11. The lowest BCUT2D eigenvalue weighted by Gasteiger charge is -2.25. The molecule has 0 fully saturated rings. The predicted octanol–water partition coefficient (Wildman–Crippen LogP) is 6.89. The van der Waals surface area contributed by atoms with Gasteiger partial charge in [-0.15, -0.1) is 0 Å². The molecule has 4 aromatic rings. The number of hydrogen-bond donors (Lipinski definition) is 1. The molecule has 11 nitrogen and oxygen atoms in total. The van der Waals surface area contributed by atoms with E-state index < -0.39 is 11.5 Å². The van der Waals surface area contributed by atoms with Crippen molar-refractivity contribution in [1.82, 2.24) is 15.0 Å². The molecule has 1 amide bonds. The summed E-state index contributed by atoms with van der Waals surface area (Å²) in [7, 11) is 2.97. The molecular weight excluding hydrogens is 608 g/mol. The number of methoxy groups -OCH3 is 2. The second kappa shape index (κ2) is 13.2. The second-order valence-electron chi connectivity index (χ2n) is 13.1. The third-order valence-corrected chi connectivity index (χ3v) is 8.69. The van der Waals surface area contributed by atoms with Gasteiger partial charge in [-0.1, -0.05) is 24.3 Å². The highest BCUT2D eigenvalue weighted by Crippen LogP contribution is 2.47. The van der Waals surface area contributed by atoms with Crippen LogP contribution in [-0.2, 0) is 28.9 Å². The monoisotopic (exact) mass is 650 g/mol. The summed E-state index contributed by atoms with van der Waals surface area (Å²) in [5.74, 6) is 0.971. The largest absolute Gasteiger partial charge is 0.479 e. The molecule has 1 aromatic carbocycles. The summed E-state index contributed by atoms with van der Waals surface area (Å²) in [6.45, 7) is 11.4. The van der Waals surface area contributed by atoms with Crippen LogP contribution in [0.15, 0.2) is 70.3 Å². The number of pyridine rings is 1. The van der Waals surface area contributed by atoms with Crippen molar-refractivity contribution in [1.29, 1.82) is 0 Å². The normalized spacial score (nSPS) is 15.9. The Morgan fingerprint density at radius 1 is 0.979 bits per heavy atom. The van der Waals surface area contributed by atoms with E-state index in [9.17, 15) is 4.79 Å². The number of nitrogens with one attached hydrogen (secondary N) is 1. The number of furan rings is 1. The Morgan fingerprint density at radius 2 is 1.71 bits per heavy atom. The van der Waals surface area contributed by atoms with Crippen molar-refractivity contribution in [3.8, 4) is 11.8 Å². The van der Waals surface area contributed by atoms with Crippen LogP contribution in [0, 0.1) is 6.92 Å². The lowest BCUT2D eigenvalue weighted by molar-refractivity contribution is -0.105. The van der Waals surface area contributed by atoms with E-state index in [4.69, 9.17) is 18.6 Å². The maximum Gasteiger partial charge on any atom is 0.291 e. The molecule has 0 saturated carbocycles. The molecule has 2 aliphatic heterocycles. The van der Waals surface area contributed by atoms with E-state index in [1.807, 2.05) is 41.4 Å². The van der Waals surface area contributed by atoms with E-state index in [0.717, 1.165) is 35.4 Å². The fraction of sp³-hybridized carbons (Fsp3) is 0.378. The van der Waals surface area contributed by atoms with E-state index in [0.29, 0.717) is 31.2 Å². The zero-order chi connectivity index (χ0) is 34.1. The van der Waals surface area contributed by atoms with Gasteiger partial charge in [0.05, 0.1) is 44.2 Å². The Hall–Kier alpha value is -5.03. The first kappa shape index (κ1) is 32.9. The van der Waals surface area contributed by atoms with Crippen molar-refractivity contribution in [2.45, 2.75) is 71.6 Å². The molecule has 0 aliphatic carbocycles. The number of carbonyl (C=O) groups is 1. The Balaban J connectivity index is 1.23. The number of fused-ring (bicyclic) bond motifs is 1. The minimum absolute atomic E-state index is 0.141. The van der Waals surface area contributed by atoms with Gasteiger partial charge in [0, 0.05) is 24.5 Å². The highest BCUT2D eigenvalue weighted by atomic mass is 16.5. The van der Waals surface area contributed by atoms with Gasteiger partial charge < -0.3 is 28.8 Å². The van der Waals surface area contributed by atoms with Crippen LogP contribution in [0.3, 0.4) is 0 Å². The van der Waals surface area contributed by atoms with Crippen molar-refractivity contribution in [3.05, 3.63) is 100 Å². The average Bonchev–Trinajstić information content (AvgIpc) is 3.60. The fourth-order valence-corrected chi connectivity index (χ4v) is 6.37. The third kappa shape index (κ3) is 6.82. The van der Waals surface area contributed by atoms with Crippen molar-refractivity contribution in [2.75, 3.05) is 31.0 Å². The number of carbonyl (C=O) groups excluding carboxylic acids is 1. The minimum atomic E-state index is -0.482. The molecule has 5 heterocycles. The number of anilines is 2. The number of allylic oxidation sites excluding steroid dienone is 1. The van der Waals surface area contributed by atoms with Gasteiger partial charge in [-0.25, -0.2) is 0 Å². The number of nitrogens with zero attached hydrogens (tertiary/aromatic N) is 5. The maximum absolute atomic E-state index is 13.5. The lowest BCUT2D eigenvalue weighted by atomic mass is 9.86. The third-order valence-electron chi connectivity index (χ3n) is 8.69. The number of benzene rings is 1. The summed E-state index contributed by atoms with van der Waals surface area (Å²) in [4.78, 5) is 33.9. The molecule has 3 aromatic heterocycles. The van der Waals surface area contributed by atoms with E-state index >= 15 is 0 Å². The lowest BCUT2D eigenvalue weighted by Crippen LogP contribution is -2.32. The van der Waals surface area contributed by atoms with Crippen LogP contribution in [0.4, 0.5) is 11.6 Å². The summed E-state index contributed by atoms with van der Waals surface area (Å²) in [5, 5.41) is 2.85. The van der Waals surface area contributed by atoms with E-state index in [2.05, 4.69) is 72.0 Å². The number of aryl methyl sites for hydroxylation is 1. The van der Waals surface area contributed by atoms with E-state index in [1.54, 1.807) is 12.3 Å². The molecule has 6 rings (SSSR count). The van der Waals surface area contributed by atoms with Gasteiger partial charge >= 0.3 is 0 Å². The van der Waals surface area contributed by atoms with Crippen LogP contribution in [0.1, 0.15) is 84.8 Å². The molecule has 0 unspecified atom stereocenters. The van der Waals surface area contributed by atoms with Crippen LogP contribution in [0.5, 0.6) is 11.8 Å². The Labute approximate surface area is 281 Å². The number of hydrogen-bond acceptors (Lipinski definition) is 10. The number of amides is 1. The van der Waals surface area contributed by atoms with Crippen molar-refractivity contribution >= 4 is 23.3 Å². The van der Waals surface area contributed by atoms with Crippen LogP contribution in [0.2, 0.25) is 0 Å². The maximum atomic E-state index is 13.5. The first-order chi connectivity index (χ1) is 23.0. The smallest absolute Gasteiger partial charge is 0.291 e. The van der Waals surface area contributed by atoms with Crippen molar-refractivity contribution in [2.24, 2.45) is 4.99 Å². The molecule has 0 atom stereocenters. The Kier molecular flexibility index (Phi) is 9.07. The number of aromatic nitrogens is 3. The molecule has 48 heavy (non-hydrogen) atoms. The van der Waals surface area contributed by atoms with Gasteiger partial charge in [0.25, 0.3) is 5.91 Å². The van der Waals surface area contributed by atoms with Crippen LogP contribution in [0.25, 0.3) is 0 Å². The topological polar surface area (TPSA) is 124 Å². The van der Waals surface area contributed by atoms with Gasteiger partial charge in [0.15, 0.2) is 11.4 Å². The second-order valence-corrected chi connectivity index (χ2v) is 13.1. The van der Waals surface area contributed by atoms with E-state index in [1.165, 1.54) is 25.3 Å². The van der Waals surface area contributed by atoms with Crippen molar-refractivity contribution < 1.29 is 23.4 Å². The van der Waals surface area contributed by atoms with Crippen LogP contribution < -0.4 is 19.7 Å². The molecule has 250 valence electrons. The van der Waals surface area contributed by atoms with Crippen molar-refractivity contribution in [3.63, 3.8) is 0 Å². The van der Waals surface area contributed by atoms with Gasteiger partial charge in [0.1, 0.15) is 5.76 Å². The number of aliphatic imine (C=N–C) groups is 1.